The van der Waals surface area contributed by atoms with Gasteiger partial charge in [-0.25, -0.2) is 4.79 Å². The van der Waals surface area contributed by atoms with Gasteiger partial charge in [-0.05, 0) is 12.8 Å². The molecular formula is C9H12N2O4. The highest BCUT2D eigenvalue weighted by atomic mass is 16.3. The monoisotopic (exact) mass is 212 g/mol. The van der Waals surface area contributed by atoms with Crippen LogP contribution in [-0.4, -0.2) is 29.6 Å². The lowest BCUT2D eigenvalue weighted by atomic mass is 9.78. The molecule has 0 atom stereocenters. The minimum atomic E-state index is -1.41. The molecule has 1 aliphatic heterocycles. The molecule has 1 rings (SSSR count). The van der Waals surface area contributed by atoms with Crippen molar-refractivity contribution in [3.8, 4) is 0 Å². The van der Waals surface area contributed by atoms with Crippen LogP contribution in [0, 0.1) is 5.41 Å². The highest BCUT2D eigenvalue weighted by Gasteiger charge is 2.48. The first kappa shape index (κ1) is 11.4. The predicted molar refractivity (Wildman–Crippen MR) is 50.6 cm³/mol. The largest absolute Gasteiger partial charge is 0.396 e. The van der Waals surface area contributed by atoms with Crippen molar-refractivity contribution >= 4 is 17.8 Å². The van der Waals surface area contributed by atoms with Crippen LogP contribution in [-0.2, 0) is 9.59 Å². The van der Waals surface area contributed by atoms with E-state index in [-0.39, 0.29) is 19.4 Å². The summed E-state index contributed by atoms with van der Waals surface area (Å²) < 4.78 is 0. The molecule has 3 N–H and O–H groups in total. The average molecular weight is 212 g/mol. The Morgan fingerprint density at radius 2 is 1.80 bits per heavy atom. The van der Waals surface area contributed by atoms with E-state index in [1.165, 1.54) is 6.08 Å². The highest BCUT2D eigenvalue weighted by molar-refractivity contribution is 6.19. The Bertz CT molecular complexity index is 304. The number of amides is 4. The summed E-state index contributed by atoms with van der Waals surface area (Å²) in [4.78, 5) is 34.0. The number of hydrogen-bond acceptors (Lipinski definition) is 4. The maximum atomic E-state index is 11.6. The molecule has 0 unspecified atom stereocenters. The van der Waals surface area contributed by atoms with E-state index in [1.807, 2.05) is 10.6 Å². The van der Waals surface area contributed by atoms with Crippen molar-refractivity contribution in [2.24, 2.45) is 5.41 Å². The molecular weight excluding hydrogens is 200 g/mol. The zero-order valence-corrected chi connectivity index (χ0v) is 8.08. The van der Waals surface area contributed by atoms with Crippen molar-refractivity contribution in [3.63, 3.8) is 0 Å². The number of urea groups is 1. The minimum absolute atomic E-state index is 0.0377. The summed E-state index contributed by atoms with van der Waals surface area (Å²) in [5.41, 5.74) is -1.41. The van der Waals surface area contributed by atoms with Crippen LogP contribution in [0.3, 0.4) is 0 Å². The second kappa shape index (κ2) is 4.22. The Morgan fingerprint density at radius 1 is 1.27 bits per heavy atom. The van der Waals surface area contributed by atoms with Gasteiger partial charge in [0.1, 0.15) is 5.41 Å². The molecule has 6 heteroatoms. The molecule has 4 amide bonds. The second-order valence-electron chi connectivity index (χ2n) is 3.29. The first-order valence-electron chi connectivity index (χ1n) is 4.45. The van der Waals surface area contributed by atoms with Gasteiger partial charge in [-0.3, -0.25) is 20.2 Å². The van der Waals surface area contributed by atoms with Crippen LogP contribution in [0.4, 0.5) is 4.79 Å². The van der Waals surface area contributed by atoms with Crippen LogP contribution in [0.15, 0.2) is 12.7 Å². The van der Waals surface area contributed by atoms with Gasteiger partial charge in [0.2, 0.25) is 11.8 Å². The van der Waals surface area contributed by atoms with Crippen molar-refractivity contribution in [2.75, 3.05) is 6.61 Å². The van der Waals surface area contributed by atoms with Crippen LogP contribution in [0.2, 0.25) is 0 Å². The quantitative estimate of drug-likeness (QED) is 0.424. The maximum Gasteiger partial charge on any atom is 0.328 e. The van der Waals surface area contributed by atoms with Gasteiger partial charge in [-0.2, -0.15) is 0 Å². The molecule has 0 aromatic carbocycles. The van der Waals surface area contributed by atoms with E-state index in [0.717, 1.165) is 0 Å². The van der Waals surface area contributed by atoms with E-state index in [4.69, 9.17) is 5.11 Å². The molecule has 1 heterocycles. The van der Waals surface area contributed by atoms with Crippen molar-refractivity contribution in [1.29, 1.82) is 0 Å². The summed E-state index contributed by atoms with van der Waals surface area (Å²) >= 11 is 0. The van der Waals surface area contributed by atoms with E-state index >= 15 is 0 Å². The van der Waals surface area contributed by atoms with E-state index in [0.29, 0.717) is 0 Å². The molecule has 82 valence electrons. The Morgan fingerprint density at radius 3 is 2.20 bits per heavy atom. The number of allylic oxidation sites excluding steroid dienone is 1. The number of aliphatic hydroxyl groups is 1. The third-order valence-electron chi connectivity index (χ3n) is 2.35. The third kappa shape index (κ3) is 1.89. The first-order valence-corrected chi connectivity index (χ1v) is 4.45. The van der Waals surface area contributed by atoms with Gasteiger partial charge < -0.3 is 5.11 Å². The number of rotatable bonds is 4. The first-order chi connectivity index (χ1) is 7.06. The van der Waals surface area contributed by atoms with Gasteiger partial charge in [-0.1, -0.05) is 6.08 Å². The van der Waals surface area contributed by atoms with E-state index in [9.17, 15) is 14.4 Å². The summed E-state index contributed by atoms with van der Waals surface area (Å²) in [5, 5.41) is 12.8. The van der Waals surface area contributed by atoms with Crippen LogP contribution < -0.4 is 10.6 Å². The summed E-state index contributed by atoms with van der Waals surface area (Å²) in [7, 11) is 0. The number of carbonyl (C=O) groups is 3. The van der Waals surface area contributed by atoms with Crippen molar-refractivity contribution in [2.45, 2.75) is 12.8 Å². The number of carbonyl (C=O) groups excluding carboxylic acids is 3. The number of barbiturate groups is 1. The lowest BCUT2D eigenvalue weighted by Crippen LogP contribution is -2.62. The van der Waals surface area contributed by atoms with Crippen molar-refractivity contribution < 1.29 is 19.5 Å². The molecule has 1 fully saturated rings. The van der Waals surface area contributed by atoms with Crippen molar-refractivity contribution in [1.82, 2.24) is 10.6 Å². The smallest absolute Gasteiger partial charge is 0.328 e. The lowest BCUT2D eigenvalue weighted by molar-refractivity contribution is -0.145. The summed E-state index contributed by atoms with van der Waals surface area (Å²) in [6.45, 7) is 3.13. The van der Waals surface area contributed by atoms with E-state index < -0.39 is 23.3 Å². The summed E-state index contributed by atoms with van der Waals surface area (Å²) in [5.74, 6) is -1.38. The fourth-order valence-corrected chi connectivity index (χ4v) is 1.53. The molecule has 0 spiro atoms. The van der Waals surface area contributed by atoms with E-state index in [1.54, 1.807) is 0 Å². The molecule has 15 heavy (non-hydrogen) atoms. The number of hydrogen-bond donors (Lipinski definition) is 3. The normalized spacial score (nSPS) is 19.4. The standard InChI is InChI=1S/C9H12N2O4/c1-2-3-9(4-5-12)6(13)10-8(15)11-7(9)14/h2,12H,1,3-5H2,(H2,10,11,13,14,15). The highest BCUT2D eigenvalue weighted by Crippen LogP contribution is 2.29. The summed E-state index contributed by atoms with van der Waals surface area (Å²) in [6, 6.07) is -0.831. The van der Waals surface area contributed by atoms with Crippen LogP contribution >= 0.6 is 0 Å². The molecule has 0 radical (unpaired) electrons. The molecule has 6 nitrogen and oxygen atoms in total. The molecule has 0 bridgehead atoms. The van der Waals surface area contributed by atoms with Gasteiger partial charge in [0, 0.05) is 6.61 Å². The lowest BCUT2D eigenvalue weighted by Gasteiger charge is -2.32. The van der Waals surface area contributed by atoms with Gasteiger partial charge in [0.25, 0.3) is 0 Å². The Balaban J connectivity index is 3.02. The van der Waals surface area contributed by atoms with Crippen LogP contribution in [0.25, 0.3) is 0 Å². The summed E-state index contributed by atoms with van der Waals surface area (Å²) in [6.07, 6.45) is 1.45. The Labute approximate surface area is 86.3 Å². The number of imide groups is 2. The third-order valence-corrected chi connectivity index (χ3v) is 2.35. The van der Waals surface area contributed by atoms with Gasteiger partial charge in [-0.15, -0.1) is 6.58 Å². The van der Waals surface area contributed by atoms with Gasteiger partial charge >= 0.3 is 6.03 Å². The zero-order valence-electron chi connectivity index (χ0n) is 8.08. The van der Waals surface area contributed by atoms with Gasteiger partial charge in [0.15, 0.2) is 0 Å². The number of nitrogens with one attached hydrogen (secondary N) is 2. The minimum Gasteiger partial charge on any atom is -0.396 e. The molecule has 0 saturated carbocycles. The predicted octanol–water partition coefficient (Wildman–Crippen LogP) is -0.703. The number of aliphatic hydroxyl groups excluding tert-OH is 1. The Hall–Kier alpha value is -1.69. The molecule has 1 aliphatic rings. The average Bonchev–Trinajstić information content (AvgIpc) is 2.14. The molecule has 1 saturated heterocycles. The molecule has 0 aromatic heterocycles. The van der Waals surface area contributed by atoms with E-state index in [2.05, 4.69) is 6.58 Å². The van der Waals surface area contributed by atoms with Crippen LogP contribution in [0.5, 0.6) is 0 Å². The fraction of sp³-hybridized carbons (Fsp3) is 0.444. The molecule has 0 aromatic rings. The zero-order chi connectivity index (χ0) is 11.5. The van der Waals surface area contributed by atoms with Crippen LogP contribution in [0.1, 0.15) is 12.8 Å². The van der Waals surface area contributed by atoms with Gasteiger partial charge in [0.05, 0.1) is 0 Å². The van der Waals surface area contributed by atoms with Crippen molar-refractivity contribution in [3.05, 3.63) is 12.7 Å². The SMILES string of the molecule is C=CCC1(CCO)C(=O)NC(=O)NC1=O. The Kier molecular flexibility index (Phi) is 3.21. The topological polar surface area (TPSA) is 95.5 Å². The maximum absolute atomic E-state index is 11.6. The second-order valence-corrected chi connectivity index (χ2v) is 3.29. The molecule has 0 aliphatic carbocycles. The fourth-order valence-electron chi connectivity index (χ4n) is 1.53.